The standard InChI is InChI=1S/C12H16FN3O2/c1-18-11-7-14-6-10(11)16-12(17)15-9-4-2-8(13)3-5-9/h2-5,10-11,14H,6-7H2,1H3,(H2,15,16,17)/t10?,11-/m1/s1. The number of halogens is 1. The van der Waals surface area contributed by atoms with E-state index >= 15 is 0 Å². The summed E-state index contributed by atoms with van der Waals surface area (Å²) in [6.45, 7) is 1.40. The van der Waals surface area contributed by atoms with Crippen LogP contribution in [0.5, 0.6) is 0 Å². The molecule has 0 spiro atoms. The zero-order valence-electron chi connectivity index (χ0n) is 10.1. The number of carbonyl (C=O) groups is 1. The molecule has 98 valence electrons. The summed E-state index contributed by atoms with van der Waals surface area (Å²) in [5.41, 5.74) is 0.550. The van der Waals surface area contributed by atoms with Crippen molar-refractivity contribution >= 4 is 11.7 Å². The van der Waals surface area contributed by atoms with Crippen LogP contribution in [-0.4, -0.2) is 38.4 Å². The van der Waals surface area contributed by atoms with E-state index in [1.807, 2.05) is 0 Å². The first-order chi connectivity index (χ1) is 8.69. The molecule has 1 heterocycles. The lowest BCUT2D eigenvalue weighted by molar-refractivity contribution is 0.0991. The Morgan fingerprint density at radius 1 is 1.39 bits per heavy atom. The van der Waals surface area contributed by atoms with Gasteiger partial charge in [-0.2, -0.15) is 0 Å². The average Bonchev–Trinajstić information content (AvgIpc) is 2.79. The monoisotopic (exact) mass is 253 g/mol. The number of anilines is 1. The molecule has 0 radical (unpaired) electrons. The lowest BCUT2D eigenvalue weighted by atomic mass is 10.2. The van der Waals surface area contributed by atoms with Gasteiger partial charge < -0.3 is 20.7 Å². The van der Waals surface area contributed by atoms with Crippen LogP contribution >= 0.6 is 0 Å². The second-order valence-corrected chi connectivity index (χ2v) is 4.14. The van der Waals surface area contributed by atoms with Gasteiger partial charge in [-0.1, -0.05) is 0 Å². The summed E-state index contributed by atoms with van der Waals surface area (Å²) in [6.07, 6.45) is -0.0241. The summed E-state index contributed by atoms with van der Waals surface area (Å²) in [5, 5.41) is 8.59. The Hall–Kier alpha value is -1.66. The summed E-state index contributed by atoms with van der Waals surface area (Å²) in [5.74, 6) is -0.333. The average molecular weight is 253 g/mol. The number of carbonyl (C=O) groups excluding carboxylic acids is 1. The van der Waals surface area contributed by atoms with E-state index in [9.17, 15) is 9.18 Å². The Balaban J connectivity index is 1.86. The zero-order chi connectivity index (χ0) is 13.0. The molecule has 5 nitrogen and oxygen atoms in total. The maximum Gasteiger partial charge on any atom is 0.319 e. The van der Waals surface area contributed by atoms with E-state index in [1.54, 1.807) is 7.11 Å². The van der Waals surface area contributed by atoms with Crippen molar-refractivity contribution in [1.29, 1.82) is 0 Å². The van der Waals surface area contributed by atoms with Gasteiger partial charge in [-0.25, -0.2) is 9.18 Å². The highest BCUT2D eigenvalue weighted by Crippen LogP contribution is 2.09. The molecular formula is C12H16FN3O2. The van der Waals surface area contributed by atoms with E-state index in [1.165, 1.54) is 24.3 Å². The first kappa shape index (κ1) is 12.8. The van der Waals surface area contributed by atoms with Gasteiger partial charge in [0.1, 0.15) is 5.82 Å². The third-order valence-electron chi connectivity index (χ3n) is 2.88. The maximum atomic E-state index is 12.7. The SMILES string of the molecule is CO[C@@H]1CNCC1NC(=O)Nc1ccc(F)cc1. The molecule has 0 aliphatic carbocycles. The second kappa shape index (κ2) is 5.79. The minimum atomic E-state index is -0.333. The van der Waals surface area contributed by atoms with Crippen LogP contribution in [0.2, 0.25) is 0 Å². The molecule has 2 rings (SSSR count). The minimum absolute atomic E-state index is 0.0241. The van der Waals surface area contributed by atoms with Gasteiger partial charge in [-0.15, -0.1) is 0 Å². The predicted molar refractivity (Wildman–Crippen MR) is 66.0 cm³/mol. The fourth-order valence-corrected chi connectivity index (χ4v) is 1.92. The molecular weight excluding hydrogens is 237 g/mol. The molecule has 0 saturated carbocycles. The summed E-state index contributed by atoms with van der Waals surface area (Å²) in [4.78, 5) is 11.7. The zero-order valence-corrected chi connectivity index (χ0v) is 10.1. The van der Waals surface area contributed by atoms with Crippen molar-refractivity contribution in [3.63, 3.8) is 0 Å². The summed E-state index contributed by atoms with van der Waals surface area (Å²) < 4.78 is 17.9. The number of benzene rings is 1. The van der Waals surface area contributed by atoms with E-state index in [-0.39, 0.29) is 24.0 Å². The first-order valence-corrected chi connectivity index (χ1v) is 5.75. The number of ether oxygens (including phenoxy) is 1. The topological polar surface area (TPSA) is 62.4 Å². The number of methoxy groups -OCH3 is 1. The van der Waals surface area contributed by atoms with E-state index in [0.717, 1.165) is 6.54 Å². The second-order valence-electron chi connectivity index (χ2n) is 4.14. The Morgan fingerprint density at radius 3 is 2.78 bits per heavy atom. The van der Waals surface area contributed by atoms with Gasteiger partial charge in [-0.05, 0) is 24.3 Å². The van der Waals surface area contributed by atoms with Crippen LogP contribution in [0, 0.1) is 5.82 Å². The van der Waals surface area contributed by atoms with Crippen molar-refractivity contribution in [2.75, 3.05) is 25.5 Å². The third-order valence-corrected chi connectivity index (χ3v) is 2.88. The molecule has 1 aromatic rings. The Bertz CT molecular complexity index is 410. The van der Waals surface area contributed by atoms with E-state index < -0.39 is 0 Å². The Morgan fingerprint density at radius 2 is 2.11 bits per heavy atom. The van der Waals surface area contributed by atoms with Gasteiger partial charge in [-0.3, -0.25) is 0 Å². The van der Waals surface area contributed by atoms with Gasteiger partial charge in [0.25, 0.3) is 0 Å². The summed E-state index contributed by atoms with van der Waals surface area (Å²) in [7, 11) is 1.62. The van der Waals surface area contributed by atoms with Crippen molar-refractivity contribution < 1.29 is 13.9 Å². The fraction of sp³-hybridized carbons (Fsp3) is 0.417. The van der Waals surface area contributed by atoms with Gasteiger partial charge in [0.05, 0.1) is 12.1 Å². The number of urea groups is 1. The highest BCUT2D eigenvalue weighted by Gasteiger charge is 2.28. The van der Waals surface area contributed by atoms with Crippen LogP contribution in [0.4, 0.5) is 14.9 Å². The summed E-state index contributed by atoms with van der Waals surface area (Å²) >= 11 is 0. The molecule has 18 heavy (non-hydrogen) atoms. The van der Waals surface area contributed by atoms with Crippen molar-refractivity contribution in [3.8, 4) is 0 Å². The predicted octanol–water partition coefficient (Wildman–Crippen LogP) is 0.934. The molecule has 6 heteroatoms. The van der Waals surface area contributed by atoms with Gasteiger partial charge in [0.2, 0.25) is 0 Å². The normalized spacial score (nSPS) is 22.8. The molecule has 1 fully saturated rings. The molecule has 1 saturated heterocycles. The molecule has 1 aromatic carbocycles. The quantitative estimate of drug-likeness (QED) is 0.751. The molecule has 1 unspecified atom stereocenters. The molecule has 1 aliphatic heterocycles. The lowest BCUT2D eigenvalue weighted by Crippen LogP contribution is -2.45. The molecule has 1 aliphatic rings. The highest BCUT2D eigenvalue weighted by molar-refractivity contribution is 5.89. The lowest BCUT2D eigenvalue weighted by Gasteiger charge is -2.18. The van der Waals surface area contributed by atoms with Crippen molar-refractivity contribution in [1.82, 2.24) is 10.6 Å². The van der Waals surface area contributed by atoms with Crippen molar-refractivity contribution in [3.05, 3.63) is 30.1 Å². The van der Waals surface area contributed by atoms with Crippen LogP contribution in [0.25, 0.3) is 0 Å². The Labute approximate surface area is 105 Å². The number of amides is 2. The number of hydrogen-bond donors (Lipinski definition) is 3. The van der Waals surface area contributed by atoms with Crippen LogP contribution in [0.3, 0.4) is 0 Å². The number of rotatable bonds is 3. The summed E-state index contributed by atoms with van der Waals surface area (Å²) in [6, 6.07) is 5.23. The van der Waals surface area contributed by atoms with Gasteiger partial charge in [0.15, 0.2) is 0 Å². The highest BCUT2D eigenvalue weighted by atomic mass is 19.1. The minimum Gasteiger partial charge on any atom is -0.378 e. The number of hydrogen-bond acceptors (Lipinski definition) is 3. The smallest absolute Gasteiger partial charge is 0.319 e. The largest absolute Gasteiger partial charge is 0.378 e. The van der Waals surface area contributed by atoms with Gasteiger partial charge >= 0.3 is 6.03 Å². The number of nitrogens with one attached hydrogen (secondary N) is 3. The van der Waals surface area contributed by atoms with Crippen molar-refractivity contribution in [2.45, 2.75) is 12.1 Å². The molecule has 3 N–H and O–H groups in total. The molecule has 2 atom stereocenters. The molecule has 0 aromatic heterocycles. The van der Waals surface area contributed by atoms with Gasteiger partial charge in [0, 0.05) is 25.9 Å². The van der Waals surface area contributed by atoms with E-state index in [0.29, 0.717) is 12.2 Å². The van der Waals surface area contributed by atoms with E-state index in [2.05, 4.69) is 16.0 Å². The Kier molecular flexibility index (Phi) is 4.11. The van der Waals surface area contributed by atoms with Crippen LogP contribution < -0.4 is 16.0 Å². The molecule has 2 amide bonds. The van der Waals surface area contributed by atoms with Crippen LogP contribution in [0.1, 0.15) is 0 Å². The molecule has 0 bridgehead atoms. The fourth-order valence-electron chi connectivity index (χ4n) is 1.92. The third kappa shape index (κ3) is 3.18. The maximum absolute atomic E-state index is 12.7. The van der Waals surface area contributed by atoms with Crippen molar-refractivity contribution in [2.24, 2.45) is 0 Å². The van der Waals surface area contributed by atoms with Crippen LogP contribution in [0.15, 0.2) is 24.3 Å². The van der Waals surface area contributed by atoms with E-state index in [4.69, 9.17) is 4.74 Å². The van der Waals surface area contributed by atoms with Crippen LogP contribution in [-0.2, 0) is 4.74 Å². The first-order valence-electron chi connectivity index (χ1n) is 5.75.